The van der Waals surface area contributed by atoms with Crippen molar-refractivity contribution in [1.29, 1.82) is 5.26 Å². The zero-order chi connectivity index (χ0) is 17.7. The van der Waals surface area contributed by atoms with Gasteiger partial charge in [-0.25, -0.2) is 13.1 Å². The fraction of sp³-hybridized carbons (Fsp3) is 0.250. The van der Waals surface area contributed by atoms with Gasteiger partial charge in [-0.3, -0.25) is 4.79 Å². The van der Waals surface area contributed by atoms with Crippen molar-refractivity contribution in [3.8, 4) is 11.8 Å². The van der Waals surface area contributed by atoms with Gasteiger partial charge in [0.1, 0.15) is 5.75 Å². The predicted octanol–water partition coefficient (Wildman–Crippen LogP) is 1.02. The number of benzene rings is 1. The normalized spacial score (nSPS) is 11.0. The van der Waals surface area contributed by atoms with E-state index in [1.807, 2.05) is 6.07 Å². The van der Waals surface area contributed by atoms with Gasteiger partial charge in [-0.2, -0.15) is 5.26 Å². The summed E-state index contributed by atoms with van der Waals surface area (Å²) in [6, 6.07) is 10.6. The number of pyridine rings is 1. The molecule has 0 unspecified atom stereocenters. The number of hydrogen-bond donors (Lipinski definition) is 1. The van der Waals surface area contributed by atoms with Crippen molar-refractivity contribution in [2.75, 3.05) is 13.7 Å². The number of rotatable bonds is 6. The summed E-state index contributed by atoms with van der Waals surface area (Å²) in [5, 5.41) is 8.73. The maximum absolute atomic E-state index is 12.2. The summed E-state index contributed by atoms with van der Waals surface area (Å²) < 4.78 is 33.3. The Hall–Kier alpha value is -2.63. The van der Waals surface area contributed by atoms with Gasteiger partial charge in [0.15, 0.2) is 0 Å². The molecule has 1 aromatic carbocycles. The van der Waals surface area contributed by atoms with Crippen LogP contribution in [0.15, 0.2) is 46.1 Å². The molecule has 0 aliphatic rings. The first-order valence-electron chi connectivity index (χ1n) is 7.12. The molecule has 0 saturated carbocycles. The van der Waals surface area contributed by atoms with E-state index >= 15 is 0 Å². The second-order valence-corrected chi connectivity index (χ2v) is 6.83. The Morgan fingerprint density at radius 1 is 1.25 bits per heavy atom. The Bertz CT molecular complexity index is 925. The molecule has 1 N–H and O–H groups in total. The molecular weight excluding hydrogens is 330 g/mol. The minimum atomic E-state index is -3.69. The fourth-order valence-electron chi connectivity index (χ4n) is 2.19. The van der Waals surface area contributed by atoms with E-state index in [4.69, 9.17) is 10.00 Å². The highest BCUT2D eigenvalue weighted by Gasteiger charge is 2.13. The highest BCUT2D eigenvalue weighted by molar-refractivity contribution is 7.89. The molecule has 1 aromatic heterocycles. The third-order valence-corrected chi connectivity index (χ3v) is 4.94. The van der Waals surface area contributed by atoms with Crippen molar-refractivity contribution in [3.63, 3.8) is 0 Å². The first kappa shape index (κ1) is 17.7. The van der Waals surface area contributed by atoms with Crippen molar-refractivity contribution >= 4 is 10.0 Å². The lowest BCUT2D eigenvalue weighted by Gasteiger charge is -2.12. The summed E-state index contributed by atoms with van der Waals surface area (Å²) in [4.78, 5) is 12.1. The molecule has 0 amide bonds. The number of methoxy groups -OCH3 is 1. The van der Waals surface area contributed by atoms with Gasteiger partial charge in [-0.05, 0) is 37.3 Å². The molecule has 2 aromatic rings. The van der Waals surface area contributed by atoms with Crippen molar-refractivity contribution in [3.05, 3.63) is 58.0 Å². The molecule has 0 bridgehead atoms. The van der Waals surface area contributed by atoms with Crippen LogP contribution < -0.4 is 15.0 Å². The monoisotopic (exact) mass is 347 g/mol. The highest BCUT2D eigenvalue weighted by atomic mass is 32.2. The van der Waals surface area contributed by atoms with Crippen LogP contribution in [0, 0.1) is 18.3 Å². The Kier molecular flexibility index (Phi) is 5.39. The van der Waals surface area contributed by atoms with Crippen molar-refractivity contribution in [2.45, 2.75) is 18.4 Å². The maximum atomic E-state index is 12.2. The van der Waals surface area contributed by atoms with E-state index in [0.717, 1.165) is 0 Å². The SMILES string of the molecule is COc1cc(C)n(CCNS(=O)(=O)c2ccc(C#N)cc2)c(=O)c1. The molecule has 0 atom stereocenters. The van der Waals surface area contributed by atoms with Crippen molar-refractivity contribution < 1.29 is 13.2 Å². The Labute approximate surface area is 140 Å². The number of ether oxygens (including phenoxy) is 1. The van der Waals surface area contributed by atoms with Crippen LogP contribution in [0.2, 0.25) is 0 Å². The van der Waals surface area contributed by atoms with Crippen LogP contribution in [0.3, 0.4) is 0 Å². The lowest BCUT2D eigenvalue weighted by Crippen LogP contribution is -2.31. The third kappa shape index (κ3) is 4.01. The van der Waals surface area contributed by atoms with Gasteiger partial charge in [0.05, 0.1) is 23.6 Å². The third-order valence-electron chi connectivity index (χ3n) is 3.47. The summed E-state index contributed by atoms with van der Waals surface area (Å²) in [6.07, 6.45) is 0. The van der Waals surface area contributed by atoms with E-state index in [1.54, 1.807) is 13.0 Å². The molecule has 0 spiro atoms. The number of nitriles is 1. The van der Waals surface area contributed by atoms with Crippen LogP contribution in [-0.4, -0.2) is 26.6 Å². The van der Waals surface area contributed by atoms with E-state index in [0.29, 0.717) is 17.0 Å². The molecule has 7 nitrogen and oxygen atoms in total. The number of nitrogens with one attached hydrogen (secondary N) is 1. The Morgan fingerprint density at radius 3 is 2.46 bits per heavy atom. The van der Waals surface area contributed by atoms with E-state index in [1.165, 1.54) is 42.0 Å². The zero-order valence-electron chi connectivity index (χ0n) is 13.3. The number of sulfonamides is 1. The molecule has 126 valence electrons. The Morgan fingerprint density at radius 2 is 1.92 bits per heavy atom. The summed E-state index contributed by atoms with van der Waals surface area (Å²) in [5.74, 6) is 0.465. The molecular formula is C16H17N3O4S. The van der Waals surface area contributed by atoms with E-state index < -0.39 is 10.0 Å². The van der Waals surface area contributed by atoms with Gasteiger partial charge in [-0.15, -0.1) is 0 Å². The second-order valence-electron chi connectivity index (χ2n) is 5.06. The van der Waals surface area contributed by atoms with Crippen LogP contribution in [0.5, 0.6) is 5.75 Å². The standard InChI is InChI=1S/C16H17N3O4S/c1-12-9-14(23-2)10-16(20)19(12)8-7-18-24(21,22)15-5-3-13(11-17)4-6-15/h3-6,9-10,18H,7-8H2,1-2H3. The Balaban J connectivity index is 2.08. The van der Waals surface area contributed by atoms with Crippen LogP contribution in [0.25, 0.3) is 0 Å². The number of nitrogens with zero attached hydrogens (tertiary/aromatic N) is 2. The molecule has 0 aliphatic heterocycles. The summed E-state index contributed by atoms with van der Waals surface area (Å²) in [7, 11) is -2.22. The van der Waals surface area contributed by atoms with E-state index in [2.05, 4.69) is 4.72 Å². The number of aryl methyl sites for hydroxylation is 1. The summed E-state index contributed by atoms with van der Waals surface area (Å²) in [6.45, 7) is 2.01. The van der Waals surface area contributed by atoms with Gasteiger partial charge in [0.2, 0.25) is 10.0 Å². The first-order chi connectivity index (χ1) is 11.4. The molecule has 1 heterocycles. The van der Waals surface area contributed by atoms with E-state index in [9.17, 15) is 13.2 Å². The molecule has 0 radical (unpaired) electrons. The minimum Gasteiger partial charge on any atom is -0.496 e. The largest absolute Gasteiger partial charge is 0.496 e. The lowest BCUT2D eigenvalue weighted by molar-refractivity contribution is 0.411. The van der Waals surface area contributed by atoms with Gasteiger partial charge >= 0.3 is 0 Å². The molecule has 0 fully saturated rings. The molecule has 24 heavy (non-hydrogen) atoms. The predicted molar refractivity (Wildman–Crippen MR) is 88.3 cm³/mol. The van der Waals surface area contributed by atoms with Crippen molar-refractivity contribution in [1.82, 2.24) is 9.29 Å². The molecule has 2 rings (SSSR count). The topological polar surface area (TPSA) is 101 Å². The average Bonchev–Trinajstić information content (AvgIpc) is 2.57. The van der Waals surface area contributed by atoms with Crippen LogP contribution >= 0.6 is 0 Å². The summed E-state index contributed by atoms with van der Waals surface area (Å²) in [5.41, 5.74) is 0.802. The number of hydrogen-bond acceptors (Lipinski definition) is 5. The van der Waals surface area contributed by atoms with Crippen molar-refractivity contribution in [2.24, 2.45) is 0 Å². The maximum Gasteiger partial charge on any atom is 0.254 e. The minimum absolute atomic E-state index is 0.0649. The smallest absolute Gasteiger partial charge is 0.254 e. The van der Waals surface area contributed by atoms with Crippen LogP contribution in [-0.2, 0) is 16.6 Å². The second kappa shape index (κ2) is 7.29. The average molecular weight is 347 g/mol. The first-order valence-corrected chi connectivity index (χ1v) is 8.61. The van der Waals surface area contributed by atoms with Gasteiger partial charge in [-0.1, -0.05) is 0 Å². The fourth-order valence-corrected chi connectivity index (χ4v) is 3.21. The highest BCUT2D eigenvalue weighted by Crippen LogP contribution is 2.11. The van der Waals surface area contributed by atoms with Crippen LogP contribution in [0.1, 0.15) is 11.3 Å². The molecule has 0 saturated heterocycles. The molecule has 0 aliphatic carbocycles. The van der Waals surface area contributed by atoms with Gasteiger partial charge in [0.25, 0.3) is 5.56 Å². The number of aromatic nitrogens is 1. The lowest BCUT2D eigenvalue weighted by atomic mass is 10.2. The van der Waals surface area contributed by atoms with Crippen LogP contribution in [0.4, 0.5) is 0 Å². The van der Waals surface area contributed by atoms with Gasteiger partial charge < -0.3 is 9.30 Å². The summed E-state index contributed by atoms with van der Waals surface area (Å²) >= 11 is 0. The zero-order valence-corrected chi connectivity index (χ0v) is 14.1. The van der Waals surface area contributed by atoms with E-state index in [-0.39, 0.29) is 23.5 Å². The quantitative estimate of drug-likeness (QED) is 0.840. The molecule has 8 heteroatoms. The van der Waals surface area contributed by atoms with Gasteiger partial charge in [0, 0.05) is 24.8 Å².